The molecule has 0 saturated heterocycles. The van der Waals surface area contributed by atoms with Crippen LogP contribution in [0.5, 0.6) is 0 Å². The molecule has 0 aliphatic rings. The molecule has 7 heteroatoms. The molecule has 2 aromatic rings. The maximum absolute atomic E-state index is 12.6. The van der Waals surface area contributed by atoms with Gasteiger partial charge in [0.1, 0.15) is 0 Å². The Balaban J connectivity index is 2.16. The zero-order chi connectivity index (χ0) is 17.0. The Morgan fingerprint density at radius 2 is 1.65 bits per heavy atom. The van der Waals surface area contributed by atoms with Crippen molar-refractivity contribution in [3.8, 4) is 0 Å². The summed E-state index contributed by atoms with van der Waals surface area (Å²) < 4.78 is 27.4. The van der Waals surface area contributed by atoms with Crippen molar-refractivity contribution in [1.29, 1.82) is 0 Å². The van der Waals surface area contributed by atoms with E-state index in [2.05, 4.69) is 21.2 Å². The summed E-state index contributed by atoms with van der Waals surface area (Å²) in [7, 11) is -2.04. The van der Waals surface area contributed by atoms with Crippen LogP contribution in [0.1, 0.15) is 12.5 Å². The molecule has 23 heavy (non-hydrogen) atoms. The van der Waals surface area contributed by atoms with Gasteiger partial charge in [-0.15, -0.1) is 0 Å². The van der Waals surface area contributed by atoms with Gasteiger partial charge in [-0.25, -0.2) is 8.42 Å². The maximum atomic E-state index is 12.6. The Morgan fingerprint density at radius 1 is 1.09 bits per heavy atom. The first-order valence-electron chi connectivity index (χ1n) is 6.87. The number of anilines is 1. The lowest BCUT2D eigenvalue weighted by molar-refractivity contribution is -0.114. The highest BCUT2D eigenvalue weighted by Gasteiger charge is 2.20. The highest BCUT2D eigenvalue weighted by Crippen LogP contribution is 2.20. The summed E-state index contributed by atoms with van der Waals surface area (Å²) in [5.74, 6) is -0.201. The zero-order valence-electron chi connectivity index (χ0n) is 12.8. The van der Waals surface area contributed by atoms with Crippen LogP contribution in [0.2, 0.25) is 0 Å². The second kappa shape index (κ2) is 7.25. The number of hydrogen-bond donors (Lipinski definition) is 1. The third kappa shape index (κ3) is 4.63. The summed E-state index contributed by atoms with van der Waals surface area (Å²) in [5.41, 5.74) is 1.46. The van der Waals surface area contributed by atoms with Gasteiger partial charge in [-0.2, -0.15) is 4.31 Å². The van der Waals surface area contributed by atoms with E-state index in [1.54, 1.807) is 19.2 Å². The van der Waals surface area contributed by atoms with Crippen molar-refractivity contribution in [2.75, 3.05) is 12.4 Å². The number of sulfonamides is 1. The maximum Gasteiger partial charge on any atom is 0.243 e. The molecule has 0 aliphatic carbocycles. The van der Waals surface area contributed by atoms with Crippen molar-refractivity contribution in [3.63, 3.8) is 0 Å². The second-order valence-electron chi connectivity index (χ2n) is 5.09. The molecule has 2 aromatic carbocycles. The topological polar surface area (TPSA) is 66.5 Å². The fourth-order valence-electron chi connectivity index (χ4n) is 2.03. The molecule has 0 fully saturated rings. The van der Waals surface area contributed by atoms with E-state index in [0.29, 0.717) is 5.69 Å². The molecule has 1 amide bonds. The average molecular weight is 397 g/mol. The molecule has 1 N–H and O–H groups in total. The minimum atomic E-state index is -3.58. The van der Waals surface area contributed by atoms with Crippen LogP contribution in [0, 0.1) is 0 Å². The van der Waals surface area contributed by atoms with Crippen LogP contribution >= 0.6 is 15.9 Å². The molecule has 0 heterocycles. The lowest BCUT2D eigenvalue weighted by Crippen LogP contribution is -2.26. The highest BCUT2D eigenvalue weighted by molar-refractivity contribution is 9.10. The molecule has 5 nitrogen and oxygen atoms in total. The fraction of sp³-hybridized carbons (Fsp3) is 0.188. The molecule has 0 atom stereocenters. The van der Waals surface area contributed by atoms with Gasteiger partial charge in [0.2, 0.25) is 15.9 Å². The van der Waals surface area contributed by atoms with Crippen LogP contribution in [0.3, 0.4) is 0 Å². The molecule has 0 unspecified atom stereocenters. The van der Waals surface area contributed by atoms with E-state index in [4.69, 9.17) is 0 Å². The smallest absolute Gasteiger partial charge is 0.243 e. The van der Waals surface area contributed by atoms with Gasteiger partial charge in [0.15, 0.2) is 0 Å². The van der Waals surface area contributed by atoms with Crippen LogP contribution in [0.15, 0.2) is 57.9 Å². The number of nitrogens with zero attached hydrogens (tertiary/aromatic N) is 1. The summed E-state index contributed by atoms with van der Waals surface area (Å²) >= 11 is 3.35. The van der Waals surface area contributed by atoms with Gasteiger partial charge in [-0.3, -0.25) is 4.79 Å². The minimum absolute atomic E-state index is 0.186. The van der Waals surface area contributed by atoms with E-state index in [9.17, 15) is 13.2 Å². The summed E-state index contributed by atoms with van der Waals surface area (Å²) in [6.07, 6.45) is 0. The van der Waals surface area contributed by atoms with E-state index < -0.39 is 10.0 Å². The molecule has 0 radical (unpaired) electrons. The number of carbonyl (C=O) groups is 1. The number of hydrogen-bond acceptors (Lipinski definition) is 3. The molecular formula is C16H17BrN2O3S. The first-order valence-corrected chi connectivity index (χ1v) is 9.11. The van der Waals surface area contributed by atoms with Crippen molar-refractivity contribution < 1.29 is 13.2 Å². The monoisotopic (exact) mass is 396 g/mol. The van der Waals surface area contributed by atoms with Crippen LogP contribution in [0.4, 0.5) is 5.69 Å². The van der Waals surface area contributed by atoms with E-state index in [1.165, 1.54) is 23.4 Å². The Kier molecular flexibility index (Phi) is 5.56. The Morgan fingerprint density at radius 3 is 2.17 bits per heavy atom. The molecule has 0 aromatic heterocycles. The standard InChI is InChI=1S/C16H17BrN2O3S/c1-12(20)18-15-7-9-16(10-8-15)23(21,22)19(2)11-13-3-5-14(17)6-4-13/h3-10H,11H2,1-2H3,(H,18,20). The molecule has 0 aliphatic heterocycles. The first-order chi connectivity index (χ1) is 10.8. The van der Waals surface area contributed by atoms with E-state index >= 15 is 0 Å². The number of halogens is 1. The summed E-state index contributed by atoms with van der Waals surface area (Å²) in [4.78, 5) is 11.2. The number of amides is 1. The SMILES string of the molecule is CC(=O)Nc1ccc(S(=O)(=O)N(C)Cc2ccc(Br)cc2)cc1. The van der Waals surface area contributed by atoms with Gasteiger partial charge in [0.05, 0.1) is 4.90 Å². The predicted octanol–water partition coefficient (Wildman–Crippen LogP) is 3.23. The van der Waals surface area contributed by atoms with Crippen LogP contribution in [0.25, 0.3) is 0 Å². The summed E-state index contributed by atoms with van der Waals surface area (Å²) in [6, 6.07) is 13.6. The van der Waals surface area contributed by atoms with E-state index in [-0.39, 0.29) is 17.3 Å². The van der Waals surface area contributed by atoms with Gasteiger partial charge in [-0.05, 0) is 42.0 Å². The lowest BCUT2D eigenvalue weighted by atomic mass is 10.2. The Bertz CT molecular complexity index is 787. The Hall–Kier alpha value is -1.70. The van der Waals surface area contributed by atoms with Crippen molar-refractivity contribution >= 4 is 37.5 Å². The van der Waals surface area contributed by atoms with Crippen molar-refractivity contribution in [2.45, 2.75) is 18.4 Å². The third-order valence-electron chi connectivity index (χ3n) is 3.20. The molecular weight excluding hydrogens is 380 g/mol. The van der Waals surface area contributed by atoms with Gasteiger partial charge < -0.3 is 5.32 Å². The van der Waals surface area contributed by atoms with Crippen LogP contribution < -0.4 is 5.32 Å². The number of rotatable bonds is 5. The van der Waals surface area contributed by atoms with Gasteiger partial charge in [0.25, 0.3) is 0 Å². The fourth-order valence-corrected chi connectivity index (χ4v) is 3.45. The normalized spacial score (nSPS) is 11.5. The van der Waals surface area contributed by atoms with Gasteiger partial charge in [-0.1, -0.05) is 28.1 Å². The number of benzene rings is 2. The van der Waals surface area contributed by atoms with Crippen molar-refractivity contribution in [2.24, 2.45) is 0 Å². The van der Waals surface area contributed by atoms with Crippen LogP contribution in [-0.4, -0.2) is 25.7 Å². The average Bonchev–Trinajstić information content (AvgIpc) is 2.49. The second-order valence-corrected chi connectivity index (χ2v) is 8.05. The quantitative estimate of drug-likeness (QED) is 0.843. The van der Waals surface area contributed by atoms with Crippen molar-refractivity contribution in [3.05, 3.63) is 58.6 Å². The molecule has 0 saturated carbocycles. The highest BCUT2D eigenvalue weighted by atomic mass is 79.9. The first kappa shape index (κ1) is 17.7. The largest absolute Gasteiger partial charge is 0.326 e. The zero-order valence-corrected chi connectivity index (χ0v) is 15.2. The molecule has 0 bridgehead atoms. The molecule has 0 spiro atoms. The lowest BCUT2D eigenvalue weighted by Gasteiger charge is -2.17. The molecule has 2 rings (SSSR count). The minimum Gasteiger partial charge on any atom is -0.326 e. The number of nitrogens with one attached hydrogen (secondary N) is 1. The summed E-state index contributed by atoms with van der Waals surface area (Å²) in [6.45, 7) is 1.68. The van der Waals surface area contributed by atoms with E-state index in [0.717, 1.165) is 10.0 Å². The summed E-state index contributed by atoms with van der Waals surface area (Å²) in [5, 5.41) is 2.61. The Labute approximate surface area is 144 Å². The van der Waals surface area contributed by atoms with Gasteiger partial charge >= 0.3 is 0 Å². The van der Waals surface area contributed by atoms with Gasteiger partial charge in [0, 0.05) is 30.7 Å². The van der Waals surface area contributed by atoms with Crippen LogP contribution in [-0.2, 0) is 21.4 Å². The predicted molar refractivity (Wildman–Crippen MR) is 93.5 cm³/mol. The van der Waals surface area contributed by atoms with E-state index in [1.807, 2.05) is 24.3 Å². The third-order valence-corrected chi connectivity index (χ3v) is 5.55. The van der Waals surface area contributed by atoms with Crippen molar-refractivity contribution in [1.82, 2.24) is 4.31 Å². The number of carbonyl (C=O) groups excluding carboxylic acids is 1. The molecule has 122 valence electrons.